The predicted octanol–water partition coefficient (Wildman–Crippen LogP) is 1.53. The van der Waals surface area contributed by atoms with Crippen LogP contribution in [0.2, 0.25) is 0 Å². The van der Waals surface area contributed by atoms with Gasteiger partial charge in [0.15, 0.2) is 5.11 Å². The quantitative estimate of drug-likeness (QED) is 0.575. The van der Waals surface area contributed by atoms with E-state index in [1.807, 2.05) is 6.92 Å². The third-order valence-corrected chi connectivity index (χ3v) is 2.70. The van der Waals surface area contributed by atoms with Gasteiger partial charge in [0.2, 0.25) is 0 Å². The fourth-order valence-corrected chi connectivity index (χ4v) is 1.80. The predicted molar refractivity (Wildman–Crippen MR) is 75.7 cm³/mol. The summed E-state index contributed by atoms with van der Waals surface area (Å²) < 4.78 is 5.40. The number of amides is 1. The van der Waals surface area contributed by atoms with Crippen molar-refractivity contribution in [1.82, 2.24) is 10.6 Å². The Kier molecular flexibility index (Phi) is 4.01. The minimum atomic E-state index is -0.310. The second-order valence-electron chi connectivity index (χ2n) is 4.04. The Hall–Kier alpha value is -2.08. The van der Waals surface area contributed by atoms with Crippen LogP contribution >= 0.6 is 12.2 Å². The summed E-state index contributed by atoms with van der Waals surface area (Å²) in [5.74, 6) is 0.338. The molecule has 1 aromatic carbocycles. The van der Waals surface area contributed by atoms with Crippen LogP contribution in [0, 0.1) is 0 Å². The van der Waals surface area contributed by atoms with Crippen molar-refractivity contribution in [2.45, 2.75) is 13.3 Å². The maximum absolute atomic E-state index is 11.5. The summed E-state index contributed by atoms with van der Waals surface area (Å²) in [5, 5.41) is 15.3. The van der Waals surface area contributed by atoms with Crippen molar-refractivity contribution < 1.29 is 14.6 Å². The van der Waals surface area contributed by atoms with Gasteiger partial charge in [0.05, 0.1) is 6.61 Å². The van der Waals surface area contributed by atoms with E-state index >= 15 is 0 Å². The molecule has 0 radical (unpaired) electrons. The summed E-state index contributed by atoms with van der Waals surface area (Å²) in [6.07, 6.45) is 2.43. The van der Waals surface area contributed by atoms with E-state index < -0.39 is 0 Å². The number of hydrogen-bond donors (Lipinski definition) is 3. The molecule has 3 N–H and O–H groups in total. The number of thiocarbonyl (C=S) groups is 1. The van der Waals surface area contributed by atoms with E-state index in [0.717, 1.165) is 6.42 Å². The third kappa shape index (κ3) is 3.23. The Labute approximate surface area is 116 Å². The number of phenolic OH excluding ortho intramolecular Hbond substituents is 1. The minimum absolute atomic E-state index is 0.0496. The summed E-state index contributed by atoms with van der Waals surface area (Å²) in [7, 11) is 0. The first-order valence-corrected chi connectivity index (χ1v) is 6.31. The molecular weight excluding hydrogens is 264 g/mol. The van der Waals surface area contributed by atoms with Gasteiger partial charge < -0.3 is 15.2 Å². The highest BCUT2D eigenvalue weighted by molar-refractivity contribution is 7.80. The molecule has 6 heteroatoms. The zero-order chi connectivity index (χ0) is 13.8. The van der Waals surface area contributed by atoms with Crippen LogP contribution in [0.15, 0.2) is 23.9 Å². The number of carbonyl (C=O) groups excluding carboxylic acids is 1. The van der Waals surface area contributed by atoms with E-state index in [0.29, 0.717) is 23.6 Å². The molecule has 100 valence electrons. The van der Waals surface area contributed by atoms with Gasteiger partial charge in [0, 0.05) is 11.6 Å². The van der Waals surface area contributed by atoms with Crippen LogP contribution in [-0.2, 0) is 4.79 Å². The number of aromatic hydroxyl groups is 1. The lowest BCUT2D eigenvalue weighted by Crippen LogP contribution is -2.21. The lowest BCUT2D eigenvalue weighted by molar-refractivity contribution is -0.115. The maximum Gasteiger partial charge on any atom is 0.273 e. The SMILES string of the molecule is CCCOc1ccc(/C=C2\NC(=S)NC2=O)c(O)c1. The first kappa shape index (κ1) is 13.4. The molecule has 0 aliphatic carbocycles. The number of rotatable bonds is 4. The molecule has 1 heterocycles. The van der Waals surface area contributed by atoms with Gasteiger partial charge in [-0.15, -0.1) is 0 Å². The van der Waals surface area contributed by atoms with Crippen molar-refractivity contribution in [2.24, 2.45) is 0 Å². The zero-order valence-corrected chi connectivity index (χ0v) is 11.2. The number of hydrogen-bond acceptors (Lipinski definition) is 4. The molecule has 5 nitrogen and oxygen atoms in total. The smallest absolute Gasteiger partial charge is 0.273 e. The highest BCUT2D eigenvalue weighted by atomic mass is 32.1. The van der Waals surface area contributed by atoms with Crippen molar-refractivity contribution in [3.8, 4) is 11.5 Å². The van der Waals surface area contributed by atoms with Gasteiger partial charge in [-0.3, -0.25) is 10.1 Å². The van der Waals surface area contributed by atoms with Crippen molar-refractivity contribution in [1.29, 1.82) is 0 Å². The summed E-state index contributed by atoms with van der Waals surface area (Å²) in [6.45, 7) is 2.60. The van der Waals surface area contributed by atoms with Gasteiger partial charge in [-0.05, 0) is 36.8 Å². The fourth-order valence-electron chi connectivity index (χ4n) is 1.59. The molecule has 0 saturated carbocycles. The van der Waals surface area contributed by atoms with Gasteiger partial charge in [0.25, 0.3) is 5.91 Å². The molecule has 0 aromatic heterocycles. The second-order valence-corrected chi connectivity index (χ2v) is 4.44. The molecular formula is C13H14N2O3S. The van der Waals surface area contributed by atoms with Gasteiger partial charge in [-0.2, -0.15) is 0 Å². The monoisotopic (exact) mass is 278 g/mol. The van der Waals surface area contributed by atoms with Gasteiger partial charge in [-0.1, -0.05) is 6.92 Å². The van der Waals surface area contributed by atoms with E-state index in [9.17, 15) is 9.90 Å². The lowest BCUT2D eigenvalue weighted by Gasteiger charge is -2.06. The summed E-state index contributed by atoms with van der Waals surface area (Å²) in [6, 6.07) is 4.95. The molecule has 1 amide bonds. The topological polar surface area (TPSA) is 70.6 Å². The van der Waals surface area contributed by atoms with Crippen LogP contribution in [-0.4, -0.2) is 22.7 Å². The van der Waals surface area contributed by atoms with E-state index in [4.69, 9.17) is 17.0 Å². The second kappa shape index (κ2) is 5.71. The van der Waals surface area contributed by atoms with E-state index in [1.165, 1.54) is 12.1 Å². The van der Waals surface area contributed by atoms with Crippen LogP contribution in [0.5, 0.6) is 11.5 Å². The maximum atomic E-state index is 11.5. The first-order valence-electron chi connectivity index (χ1n) is 5.90. The highest BCUT2D eigenvalue weighted by Gasteiger charge is 2.20. The molecule has 1 aromatic rings. The fraction of sp³-hybridized carbons (Fsp3) is 0.231. The first-order chi connectivity index (χ1) is 9.10. The standard InChI is InChI=1S/C13H14N2O3S/c1-2-5-18-9-4-3-8(11(16)7-9)6-10-12(17)15-13(19)14-10/h3-4,6-7,16H,2,5H2,1H3,(H2,14,15,17,19)/b10-6-. The van der Waals surface area contributed by atoms with Crippen molar-refractivity contribution in [2.75, 3.05) is 6.61 Å². The van der Waals surface area contributed by atoms with Crippen LogP contribution < -0.4 is 15.4 Å². The Balaban J connectivity index is 2.19. The molecule has 0 unspecified atom stereocenters. The molecule has 0 spiro atoms. The molecule has 1 aliphatic rings. The molecule has 1 saturated heterocycles. The van der Waals surface area contributed by atoms with E-state index in [2.05, 4.69) is 10.6 Å². The Morgan fingerprint density at radius 3 is 2.79 bits per heavy atom. The zero-order valence-electron chi connectivity index (χ0n) is 10.4. The number of nitrogens with one attached hydrogen (secondary N) is 2. The van der Waals surface area contributed by atoms with Crippen LogP contribution in [0.1, 0.15) is 18.9 Å². The van der Waals surface area contributed by atoms with E-state index in [-0.39, 0.29) is 16.8 Å². The van der Waals surface area contributed by atoms with Crippen molar-refractivity contribution in [3.05, 3.63) is 29.5 Å². The van der Waals surface area contributed by atoms with Gasteiger partial charge in [-0.25, -0.2) is 0 Å². The molecule has 19 heavy (non-hydrogen) atoms. The summed E-state index contributed by atoms with van der Waals surface area (Å²) in [5.41, 5.74) is 0.828. The van der Waals surface area contributed by atoms with Crippen molar-refractivity contribution in [3.63, 3.8) is 0 Å². The largest absolute Gasteiger partial charge is 0.507 e. The van der Waals surface area contributed by atoms with Crippen LogP contribution in [0.4, 0.5) is 0 Å². The average Bonchev–Trinajstić information content (AvgIpc) is 2.68. The van der Waals surface area contributed by atoms with Crippen LogP contribution in [0.25, 0.3) is 6.08 Å². The van der Waals surface area contributed by atoms with Gasteiger partial charge in [0.1, 0.15) is 17.2 Å². The highest BCUT2D eigenvalue weighted by Crippen LogP contribution is 2.25. The van der Waals surface area contributed by atoms with Crippen molar-refractivity contribution >= 4 is 29.3 Å². The van der Waals surface area contributed by atoms with Gasteiger partial charge >= 0.3 is 0 Å². The number of benzene rings is 1. The normalized spacial score (nSPS) is 16.4. The summed E-state index contributed by atoms with van der Waals surface area (Å²) >= 11 is 4.82. The third-order valence-electron chi connectivity index (χ3n) is 2.49. The molecule has 0 bridgehead atoms. The number of phenols is 1. The lowest BCUT2D eigenvalue weighted by atomic mass is 10.1. The average molecular weight is 278 g/mol. The Morgan fingerprint density at radius 1 is 1.42 bits per heavy atom. The molecule has 1 fully saturated rings. The summed E-state index contributed by atoms with van der Waals surface area (Å²) in [4.78, 5) is 11.5. The number of ether oxygens (including phenoxy) is 1. The molecule has 0 atom stereocenters. The minimum Gasteiger partial charge on any atom is -0.507 e. The number of carbonyl (C=O) groups is 1. The Morgan fingerprint density at radius 2 is 2.21 bits per heavy atom. The molecule has 2 rings (SSSR count). The molecule has 1 aliphatic heterocycles. The Bertz CT molecular complexity index is 555. The van der Waals surface area contributed by atoms with E-state index in [1.54, 1.807) is 12.1 Å². The van der Waals surface area contributed by atoms with Crippen LogP contribution in [0.3, 0.4) is 0 Å².